The van der Waals surface area contributed by atoms with Crippen LogP contribution in [0, 0.1) is 0 Å². The summed E-state index contributed by atoms with van der Waals surface area (Å²) < 4.78 is 10.7. The number of ketones is 1. The molecule has 0 amide bonds. The first-order valence-electron chi connectivity index (χ1n) is 6.29. The highest BCUT2D eigenvalue weighted by molar-refractivity contribution is 6.30. The number of epoxide rings is 1. The molecular weight excluding hydrogens is 276 g/mol. The summed E-state index contributed by atoms with van der Waals surface area (Å²) in [6.07, 6.45) is -0.628. The number of methoxy groups -OCH3 is 1. The molecule has 1 aliphatic heterocycles. The first-order valence-corrected chi connectivity index (χ1v) is 6.66. The van der Waals surface area contributed by atoms with E-state index in [2.05, 4.69) is 0 Å². The molecule has 1 fully saturated rings. The van der Waals surface area contributed by atoms with Crippen LogP contribution in [-0.4, -0.2) is 19.0 Å². The van der Waals surface area contributed by atoms with Gasteiger partial charge in [-0.15, -0.1) is 0 Å². The maximum Gasteiger partial charge on any atom is 0.198 e. The molecular formula is C16H13ClO3. The van der Waals surface area contributed by atoms with E-state index in [1.165, 1.54) is 0 Å². The van der Waals surface area contributed by atoms with Gasteiger partial charge in [0, 0.05) is 5.02 Å². The Kier molecular flexibility index (Phi) is 3.47. The second-order valence-corrected chi connectivity index (χ2v) is 5.03. The average Bonchev–Trinajstić information content (AvgIpc) is 3.27. The Morgan fingerprint density at radius 1 is 1.15 bits per heavy atom. The molecule has 1 heterocycles. The fraction of sp³-hybridized carbons (Fsp3) is 0.188. The van der Waals surface area contributed by atoms with Crippen molar-refractivity contribution in [3.05, 3.63) is 64.7 Å². The number of hydrogen-bond acceptors (Lipinski definition) is 3. The highest BCUT2D eigenvalue weighted by Crippen LogP contribution is 2.41. The Hall–Kier alpha value is -1.84. The Labute approximate surface area is 122 Å². The lowest BCUT2D eigenvalue weighted by atomic mass is 10.0. The molecule has 3 rings (SSSR count). The summed E-state index contributed by atoms with van der Waals surface area (Å²) in [5, 5.41) is 0.669. The predicted molar refractivity (Wildman–Crippen MR) is 76.4 cm³/mol. The van der Waals surface area contributed by atoms with Crippen LogP contribution in [0.4, 0.5) is 0 Å². The van der Waals surface area contributed by atoms with E-state index in [9.17, 15) is 4.79 Å². The molecule has 3 nitrogen and oxygen atoms in total. The SMILES string of the molecule is COc1ccccc1C(=O)[C@H]1O[C@@H]1c1ccc(Cl)cc1. The van der Waals surface area contributed by atoms with Crippen LogP contribution in [-0.2, 0) is 4.74 Å². The number of para-hydroxylation sites is 1. The zero-order valence-corrected chi connectivity index (χ0v) is 11.6. The molecule has 2 atom stereocenters. The van der Waals surface area contributed by atoms with Crippen LogP contribution in [0.25, 0.3) is 0 Å². The van der Waals surface area contributed by atoms with Crippen LogP contribution >= 0.6 is 11.6 Å². The third-order valence-electron chi connectivity index (χ3n) is 3.32. The molecule has 1 saturated heterocycles. The second-order valence-electron chi connectivity index (χ2n) is 4.59. The van der Waals surface area contributed by atoms with Crippen molar-refractivity contribution in [2.75, 3.05) is 7.11 Å². The molecule has 20 heavy (non-hydrogen) atoms. The minimum absolute atomic E-state index is 0.0533. The van der Waals surface area contributed by atoms with E-state index in [0.29, 0.717) is 16.3 Å². The molecule has 0 bridgehead atoms. The lowest BCUT2D eigenvalue weighted by Gasteiger charge is -2.05. The Morgan fingerprint density at radius 3 is 2.55 bits per heavy atom. The third-order valence-corrected chi connectivity index (χ3v) is 3.57. The lowest BCUT2D eigenvalue weighted by molar-refractivity contribution is 0.0950. The molecule has 0 radical (unpaired) electrons. The van der Waals surface area contributed by atoms with E-state index in [-0.39, 0.29) is 11.9 Å². The Morgan fingerprint density at radius 2 is 1.85 bits per heavy atom. The van der Waals surface area contributed by atoms with E-state index in [1.54, 1.807) is 31.4 Å². The standard InChI is InChI=1S/C16H13ClO3/c1-19-13-5-3-2-4-12(13)14(18)16-15(20-16)10-6-8-11(17)9-7-10/h2-9,15-16H,1H3/t15-,16-/m1/s1. The second kappa shape index (κ2) is 5.27. The molecule has 102 valence electrons. The smallest absolute Gasteiger partial charge is 0.198 e. The zero-order chi connectivity index (χ0) is 14.1. The van der Waals surface area contributed by atoms with E-state index < -0.39 is 6.10 Å². The number of carbonyl (C=O) groups excluding carboxylic acids is 1. The van der Waals surface area contributed by atoms with Crippen LogP contribution < -0.4 is 4.74 Å². The summed E-state index contributed by atoms with van der Waals surface area (Å²) in [6.45, 7) is 0. The molecule has 2 aromatic carbocycles. The summed E-state index contributed by atoms with van der Waals surface area (Å²) in [6, 6.07) is 14.5. The van der Waals surface area contributed by atoms with Crippen molar-refractivity contribution in [2.24, 2.45) is 0 Å². The fourth-order valence-electron chi connectivity index (χ4n) is 2.22. The molecule has 1 aliphatic rings. The Bertz CT molecular complexity index is 636. The minimum Gasteiger partial charge on any atom is -0.496 e. The van der Waals surface area contributed by atoms with Gasteiger partial charge in [-0.1, -0.05) is 35.9 Å². The summed E-state index contributed by atoms with van der Waals surface area (Å²) in [5.74, 6) is 0.519. The van der Waals surface area contributed by atoms with Gasteiger partial charge in [-0.3, -0.25) is 4.79 Å². The highest BCUT2D eigenvalue weighted by atomic mass is 35.5. The maximum atomic E-state index is 12.4. The van der Waals surface area contributed by atoms with Crippen molar-refractivity contribution in [3.63, 3.8) is 0 Å². The topological polar surface area (TPSA) is 38.8 Å². The monoisotopic (exact) mass is 288 g/mol. The molecule has 0 aliphatic carbocycles. The van der Waals surface area contributed by atoms with E-state index in [4.69, 9.17) is 21.1 Å². The highest BCUT2D eigenvalue weighted by Gasteiger charge is 2.46. The molecule has 4 heteroatoms. The number of halogens is 1. The first kappa shape index (κ1) is 13.2. The van der Waals surface area contributed by atoms with E-state index in [1.807, 2.05) is 24.3 Å². The van der Waals surface area contributed by atoms with Crippen LogP contribution in [0.3, 0.4) is 0 Å². The van der Waals surface area contributed by atoms with Gasteiger partial charge < -0.3 is 9.47 Å². The Balaban J connectivity index is 1.79. The van der Waals surface area contributed by atoms with E-state index in [0.717, 1.165) is 5.56 Å². The van der Waals surface area contributed by atoms with Gasteiger partial charge in [0.1, 0.15) is 11.9 Å². The first-order chi connectivity index (χ1) is 9.70. The molecule has 0 N–H and O–H groups in total. The number of benzene rings is 2. The van der Waals surface area contributed by atoms with Gasteiger partial charge in [0.15, 0.2) is 11.9 Å². The van der Waals surface area contributed by atoms with Gasteiger partial charge in [0.2, 0.25) is 0 Å². The summed E-state index contributed by atoms with van der Waals surface area (Å²) in [5.41, 5.74) is 1.51. The summed E-state index contributed by atoms with van der Waals surface area (Å²) in [7, 11) is 1.55. The zero-order valence-electron chi connectivity index (χ0n) is 10.9. The molecule has 0 aromatic heterocycles. The third kappa shape index (κ3) is 2.42. The van der Waals surface area contributed by atoms with Gasteiger partial charge in [0.05, 0.1) is 12.7 Å². The molecule has 2 aromatic rings. The van der Waals surface area contributed by atoms with Crippen molar-refractivity contribution >= 4 is 17.4 Å². The number of hydrogen-bond donors (Lipinski definition) is 0. The van der Waals surface area contributed by atoms with Gasteiger partial charge in [-0.2, -0.15) is 0 Å². The van der Waals surface area contributed by atoms with E-state index >= 15 is 0 Å². The van der Waals surface area contributed by atoms with Crippen molar-refractivity contribution < 1.29 is 14.3 Å². The van der Waals surface area contributed by atoms with Crippen molar-refractivity contribution in [1.82, 2.24) is 0 Å². The maximum absolute atomic E-state index is 12.4. The largest absolute Gasteiger partial charge is 0.496 e. The number of carbonyl (C=O) groups is 1. The predicted octanol–water partition coefficient (Wildman–Crippen LogP) is 3.67. The van der Waals surface area contributed by atoms with Crippen LogP contribution in [0.15, 0.2) is 48.5 Å². The summed E-state index contributed by atoms with van der Waals surface area (Å²) in [4.78, 5) is 12.4. The van der Waals surface area contributed by atoms with Gasteiger partial charge in [0.25, 0.3) is 0 Å². The lowest BCUT2D eigenvalue weighted by Crippen LogP contribution is -2.09. The molecule has 0 unspecified atom stereocenters. The van der Waals surface area contributed by atoms with Gasteiger partial charge >= 0.3 is 0 Å². The van der Waals surface area contributed by atoms with Crippen molar-refractivity contribution in [1.29, 1.82) is 0 Å². The van der Waals surface area contributed by atoms with Crippen LogP contribution in [0.2, 0.25) is 5.02 Å². The minimum atomic E-state index is -0.438. The summed E-state index contributed by atoms with van der Waals surface area (Å²) >= 11 is 5.85. The van der Waals surface area contributed by atoms with Crippen molar-refractivity contribution in [3.8, 4) is 5.75 Å². The number of Topliss-reactive ketones (excluding diaryl/α,β-unsaturated/α-hetero) is 1. The fourth-order valence-corrected chi connectivity index (χ4v) is 2.35. The molecule has 0 spiro atoms. The average molecular weight is 289 g/mol. The van der Waals surface area contributed by atoms with Gasteiger partial charge in [-0.25, -0.2) is 0 Å². The number of rotatable bonds is 4. The normalized spacial score (nSPS) is 20.5. The quantitative estimate of drug-likeness (QED) is 0.636. The van der Waals surface area contributed by atoms with Crippen LogP contribution in [0.5, 0.6) is 5.75 Å². The number of ether oxygens (including phenoxy) is 2. The van der Waals surface area contributed by atoms with Crippen molar-refractivity contribution in [2.45, 2.75) is 12.2 Å². The molecule has 0 saturated carbocycles. The van der Waals surface area contributed by atoms with Crippen LogP contribution in [0.1, 0.15) is 22.0 Å². The van der Waals surface area contributed by atoms with Gasteiger partial charge in [-0.05, 0) is 29.8 Å².